The molecule has 0 fully saturated rings. The average Bonchev–Trinajstić information content (AvgIpc) is 2.47. The van der Waals surface area contributed by atoms with Crippen molar-refractivity contribution in [3.05, 3.63) is 46.5 Å². The summed E-state index contributed by atoms with van der Waals surface area (Å²) in [5.74, 6) is -0.870. The highest BCUT2D eigenvalue weighted by Gasteiger charge is 2.26. The lowest BCUT2D eigenvalue weighted by Gasteiger charge is -2.28. The molecule has 2 aromatic rings. The summed E-state index contributed by atoms with van der Waals surface area (Å²) in [4.78, 5) is 0. The topological polar surface area (TPSA) is 80.9 Å². The zero-order valence-corrected chi connectivity index (χ0v) is 15.8. The van der Waals surface area contributed by atoms with E-state index in [1.807, 2.05) is 53.7 Å². The van der Waals surface area contributed by atoms with Crippen LogP contribution < -0.4 is 0 Å². The maximum absolute atomic E-state index is 10.8. The molecule has 0 saturated carbocycles. The Kier molecular flexibility index (Phi) is 4.69. The van der Waals surface area contributed by atoms with Crippen LogP contribution in [0.5, 0.6) is 23.0 Å². The first-order valence-electron chi connectivity index (χ1n) is 8.42. The van der Waals surface area contributed by atoms with E-state index in [4.69, 9.17) is 0 Å². The van der Waals surface area contributed by atoms with Crippen LogP contribution in [0, 0.1) is 0 Å². The van der Waals surface area contributed by atoms with Crippen LogP contribution in [0.3, 0.4) is 0 Å². The second kappa shape index (κ2) is 6.17. The summed E-state index contributed by atoms with van der Waals surface area (Å²) < 4.78 is 0. The van der Waals surface area contributed by atoms with Gasteiger partial charge < -0.3 is 20.4 Å². The predicted octanol–water partition coefficient (Wildman–Crippen LogP) is 4.69. The van der Waals surface area contributed by atoms with Crippen molar-refractivity contribution in [1.82, 2.24) is 0 Å². The Bertz CT molecular complexity index is 758. The van der Waals surface area contributed by atoms with Crippen LogP contribution in [0.4, 0.5) is 0 Å². The molecule has 0 amide bonds. The van der Waals surface area contributed by atoms with Crippen molar-refractivity contribution in [3.8, 4) is 23.0 Å². The van der Waals surface area contributed by atoms with Crippen molar-refractivity contribution in [2.24, 2.45) is 0 Å². The van der Waals surface area contributed by atoms with Gasteiger partial charge in [0.2, 0.25) is 5.75 Å². The molecule has 0 aliphatic heterocycles. The molecule has 0 spiro atoms. The third-order valence-corrected chi connectivity index (χ3v) is 4.39. The van der Waals surface area contributed by atoms with E-state index in [1.165, 1.54) is 6.07 Å². The van der Waals surface area contributed by atoms with Crippen molar-refractivity contribution >= 4 is 0 Å². The van der Waals surface area contributed by atoms with Gasteiger partial charge >= 0.3 is 0 Å². The van der Waals surface area contributed by atoms with Gasteiger partial charge in [-0.1, -0.05) is 59.7 Å². The van der Waals surface area contributed by atoms with E-state index in [0.717, 1.165) is 16.7 Å². The summed E-state index contributed by atoms with van der Waals surface area (Å²) in [5, 5.41) is 40.1. The average molecular weight is 344 g/mol. The Morgan fingerprint density at radius 1 is 0.680 bits per heavy atom. The fourth-order valence-corrected chi connectivity index (χ4v) is 2.91. The van der Waals surface area contributed by atoms with Gasteiger partial charge in [-0.2, -0.15) is 0 Å². The molecule has 4 heteroatoms. The first-order valence-corrected chi connectivity index (χ1v) is 8.42. The van der Waals surface area contributed by atoms with Crippen LogP contribution >= 0.6 is 0 Å². The second-order valence-corrected chi connectivity index (χ2v) is 8.66. The highest BCUT2D eigenvalue weighted by Crippen LogP contribution is 2.42. The zero-order chi connectivity index (χ0) is 19.2. The van der Waals surface area contributed by atoms with E-state index >= 15 is 0 Å². The number of phenolic OH excluding ortho intramolecular Hbond substituents is 4. The van der Waals surface area contributed by atoms with Gasteiger partial charge in [0.25, 0.3) is 0 Å². The van der Waals surface area contributed by atoms with Crippen molar-refractivity contribution < 1.29 is 20.4 Å². The first-order chi connectivity index (χ1) is 11.3. The molecule has 4 N–H and O–H groups in total. The molecule has 0 aliphatic rings. The van der Waals surface area contributed by atoms with E-state index < -0.39 is 5.75 Å². The van der Waals surface area contributed by atoms with Crippen LogP contribution in [0.2, 0.25) is 0 Å². The number of benzene rings is 2. The Morgan fingerprint density at radius 3 is 1.60 bits per heavy atom. The van der Waals surface area contributed by atoms with Gasteiger partial charge in [0, 0.05) is 12.0 Å². The fraction of sp³-hybridized carbons (Fsp3) is 0.429. The van der Waals surface area contributed by atoms with Gasteiger partial charge in [-0.05, 0) is 33.6 Å². The number of hydrogen-bond donors (Lipinski definition) is 4. The van der Waals surface area contributed by atoms with Crippen LogP contribution in [0.1, 0.15) is 63.8 Å². The molecule has 0 unspecified atom stereocenters. The summed E-state index contributed by atoms with van der Waals surface area (Å²) in [5.41, 5.74) is 2.65. The number of aromatic hydroxyl groups is 4. The normalized spacial score (nSPS) is 12.4. The summed E-state index contributed by atoms with van der Waals surface area (Å²) in [6.45, 7) is 12.3. The number of phenols is 4. The fourth-order valence-electron chi connectivity index (χ4n) is 2.91. The molecule has 0 aromatic heterocycles. The zero-order valence-electron chi connectivity index (χ0n) is 15.8. The molecule has 2 aromatic carbocycles. The lowest BCUT2D eigenvalue weighted by Crippen LogP contribution is -2.18. The van der Waals surface area contributed by atoms with Gasteiger partial charge in [-0.3, -0.25) is 0 Å². The quantitative estimate of drug-likeness (QED) is 0.596. The SMILES string of the molecule is CC(C)(C)c1cc(Cc2ccc(O)c(O)c2O)cc(C(C)(C)C)c1O. The molecule has 0 heterocycles. The maximum atomic E-state index is 10.8. The van der Waals surface area contributed by atoms with Crippen LogP contribution in [0.15, 0.2) is 24.3 Å². The van der Waals surface area contributed by atoms with Crippen molar-refractivity contribution in [3.63, 3.8) is 0 Å². The monoisotopic (exact) mass is 344 g/mol. The Labute approximate surface area is 149 Å². The predicted molar refractivity (Wildman–Crippen MR) is 99.7 cm³/mol. The molecular weight excluding hydrogens is 316 g/mol. The van der Waals surface area contributed by atoms with Crippen LogP contribution in [0.25, 0.3) is 0 Å². The minimum absolute atomic E-state index is 0.237. The lowest BCUT2D eigenvalue weighted by molar-refractivity contribution is 0.365. The van der Waals surface area contributed by atoms with Crippen molar-refractivity contribution in [2.45, 2.75) is 58.8 Å². The highest BCUT2D eigenvalue weighted by molar-refractivity contribution is 5.56. The van der Waals surface area contributed by atoms with E-state index in [9.17, 15) is 20.4 Å². The van der Waals surface area contributed by atoms with Crippen molar-refractivity contribution in [1.29, 1.82) is 0 Å². The number of hydrogen-bond acceptors (Lipinski definition) is 4. The molecule has 136 valence electrons. The molecule has 2 rings (SSSR count). The standard InChI is InChI=1S/C21H28O4/c1-20(2,3)14-10-12(11-15(18(14)24)21(4,5)6)9-13-7-8-16(22)19(25)17(13)23/h7-8,10-11,22-25H,9H2,1-6H3. The second-order valence-electron chi connectivity index (χ2n) is 8.66. The first kappa shape index (κ1) is 19.0. The number of rotatable bonds is 2. The molecule has 0 bridgehead atoms. The largest absolute Gasteiger partial charge is 0.507 e. The van der Waals surface area contributed by atoms with E-state index in [-0.39, 0.29) is 22.3 Å². The molecule has 25 heavy (non-hydrogen) atoms. The Balaban J connectivity index is 2.61. The molecule has 4 nitrogen and oxygen atoms in total. The van der Waals surface area contributed by atoms with Gasteiger partial charge in [0.1, 0.15) is 5.75 Å². The van der Waals surface area contributed by atoms with E-state index in [0.29, 0.717) is 17.7 Å². The lowest BCUT2D eigenvalue weighted by atomic mass is 9.78. The molecule has 0 atom stereocenters. The van der Waals surface area contributed by atoms with Gasteiger partial charge in [0.15, 0.2) is 11.5 Å². The Hall–Kier alpha value is -2.36. The van der Waals surface area contributed by atoms with Gasteiger partial charge in [-0.25, -0.2) is 0 Å². The van der Waals surface area contributed by atoms with Crippen LogP contribution in [-0.2, 0) is 17.3 Å². The maximum Gasteiger partial charge on any atom is 0.200 e. The third kappa shape index (κ3) is 3.84. The molecular formula is C21H28O4. The summed E-state index contributed by atoms with van der Waals surface area (Å²) >= 11 is 0. The molecule has 0 radical (unpaired) electrons. The van der Waals surface area contributed by atoms with E-state index in [2.05, 4.69) is 0 Å². The van der Waals surface area contributed by atoms with Gasteiger partial charge in [-0.15, -0.1) is 0 Å². The van der Waals surface area contributed by atoms with Crippen LogP contribution in [-0.4, -0.2) is 20.4 Å². The molecule has 0 saturated heterocycles. The smallest absolute Gasteiger partial charge is 0.200 e. The highest BCUT2D eigenvalue weighted by atomic mass is 16.3. The van der Waals surface area contributed by atoms with Crippen molar-refractivity contribution in [2.75, 3.05) is 0 Å². The minimum Gasteiger partial charge on any atom is -0.507 e. The summed E-state index contributed by atoms with van der Waals surface area (Å²) in [7, 11) is 0. The van der Waals surface area contributed by atoms with Gasteiger partial charge in [0.05, 0.1) is 0 Å². The van der Waals surface area contributed by atoms with E-state index in [1.54, 1.807) is 6.07 Å². The molecule has 0 aliphatic carbocycles. The Morgan fingerprint density at radius 2 is 1.16 bits per heavy atom. The minimum atomic E-state index is -0.511. The summed E-state index contributed by atoms with van der Waals surface area (Å²) in [6, 6.07) is 6.83. The summed E-state index contributed by atoms with van der Waals surface area (Å²) in [6.07, 6.45) is 0.381. The third-order valence-electron chi connectivity index (χ3n) is 4.39.